The van der Waals surface area contributed by atoms with Gasteiger partial charge in [0.05, 0.1) is 0 Å². The van der Waals surface area contributed by atoms with E-state index in [-0.39, 0.29) is 0 Å². The summed E-state index contributed by atoms with van der Waals surface area (Å²) in [5.41, 5.74) is 0. The summed E-state index contributed by atoms with van der Waals surface area (Å²) in [5.74, 6) is 2.72. The minimum absolute atomic E-state index is 1.30. The van der Waals surface area contributed by atoms with Gasteiger partial charge in [0.2, 0.25) is 0 Å². The summed E-state index contributed by atoms with van der Waals surface area (Å²) in [6.45, 7) is 4.59. The fraction of sp³-hybridized carbons (Fsp3) is 0.889. The van der Waals surface area contributed by atoms with Crippen LogP contribution in [-0.4, -0.2) is 11.5 Å². The molecule has 0 rings (SSSR count). The zero-order chi connectivity index (χ0) is 27.5. The Labute approximate surface area is 250 Å². The largest absolute Gasteiger partial charge is 0.0942 e. The van der Waals surface area contributed by atoms with E-state index in [0.717, 1.165) is 0 Å². The predicted octanol–water partition coefficient (Wildman–Crippen LogP) is 14.4. The Hall–Kier alpha value is 0.180. The molecule has 0 heterocycles. The van der Waals surface area contributed by atoms with Gasteiger partial charge in [-0.3, -0.25) is 0 Å². The fourth-order valence-corrected chi connectivity index (χ4v) is 7.23. The molecule has 0 unspecified atom stereocenters. The lowest BCUT2D eigenvalue weighted by atomic mass is 10.1. The molecule has 0 aromatic rings. The van der Waals surface area contributed by atoms with Crippen molar-refractivity contribution in [2.45, 2.75) is 194 Å². The molecule has 2 heteroatoms. The van der Waals surface area contributed by atoms with Crippen molar-refractivity contribution in [2.24, 2.45) is 0 Å². The average molecular weight is 567 g/mol. The Morgan fingerprint density at radius 1 is 0.289 bits per heavy atom. The molecule has 226 valence electrons. The molecule has 38 heavy (non-hydrogen) atoms. The molecule has 0 fully saturated rings. The third-order valence-electron chi connectivity index (χ3n) is 7.56. The highest BCUT2D eigenvalue weighted by Crippen LogP contribution is 2.25. The van der Waals surface area contributed by atoms with Crippen LogP contribution >= 0.6 is 21.6 Å². The van der Waals surface area contributed by atoms with E-state index in [1.165, 1.54) is 191 Å². The Kier molecular flexibility index (Phi) is 37.4. The molecule has 0 aliphatic carbocycles. The number of unbranched alkanes of at least 4 members (excludes halogenated alkanes) is 24. The minimum atomic E-state index is 1.30. The first-order chi connectivity index (χ1) is 18.9. The molecule has 0 aromatic heterocycles. The molecule has 0 aliphatic rings. The molecule has 0 radical (unpaired) electrons. The predicted molar refractivity (Wildman–Crippen MR) is 184 cm³/mol. The smallest absolute Gasteiger partial charge is 0.00369 e. The second kappa shape index (κ2) is 37.2. The maximum atomic E-state index is 2.44. The van der Waals surface area contributed by atoms with Crippen LogP contribution in [-0.2, 0) is 0 Å². The molecular weight excluding hydrogens is 497 g/mol. The third-order valence-corrected chi connectivity index (χ3v) is 10.1. The van der Waals surface area contributed by atoms with Crippen LogP contribution in [0.2, 0.25) is 0 Å². The van der Waals surface area contributed by atoms with Gasteiger partial charge in [-0.15, -0.1) is 0 Å². The first kappa shape index (κ1) is 38.2. The van der Waals surface area contributed by atoms with Crippen molar-refractivity contribution in [1.82, 2.24) is 0 Å². The van der Waals surface area contributed by atoms with Crippen molar-refractivity contribution in [3.63, 3.8) is 0 Å². The summed E-state index contributed by atoms with van der Waals surface area (Å²) in [5, 5.41) is 0. The number of rotatable bonds is 33. The van der Waals surface area contributed by atoms with Crippen LogP contribution in [0, 0.1) is 0 Å². The maximum absolute atomic E-state index is 2.44. The molecule has 0 bridgehead atoms. The van der Waals surface area contributed by atoms with Crippen molar-refractivity contribution in [1.29, 1.82) is 0 Å². The molecule has 0 N–H and O–H groups in total. The van der Waals surface area contributed by atoms with Gasteiger partial charge in [0, 0.05) is 11.5 Å². The Bertz CT molecular complexity index is 414. The van der Waals surface area contributed by atoms with Gasteiger partial charge < -0.3 is 0 Å². The van der Waals surface area contributed by atoms with Crippen LogP contribution in [0.1, 0.15) is 194 Å². The molecule has 0 atom stereocenters. The second-order valence-electron chi connectivity index (χ2n) is 11.5. The van der Waals surface area contributed by atoms with E-state index in [0.29, 0.717) is 0 Å². The van der Waals surface area contributed by atoms with Crippen LogP contribution in [0.5, 0.6) is 0 Å². The maximum Gasteiger partial charge on any atom is 0.00369 e. The summed E-state index contributed by atoms with van der Waals surface area (Å²) in [4.78, 5) is 0. The van der Waals surface area contributed by atoms with Crippen molar-refractivity contribution in [2.75, 3.05) is 11.5 Å². The highest BCUT2D eigenvalue weighted by molar-refractivity contribution is 8.76. The zero-order valence-electron chi connectivity index (χ0n) is 26.3. The quantitative estimate of drug-likeness (QED) is 0.0440. The topological polar surface area (TPSA) is 0 Å². The molecule has 0 nitrogen and oxygen atoms in total. The Morgan fingerprint density at radius 3 is 0.816 bits per heavy atom. The van der Waals surface area contributed by atoms with Gasteiger partial charge >= 0.3 is 0 Å². The molecule has 0 aromatic carbocycles. The minimum Gasteiger partial charge on any atom is -0.0942 e. The van der Waals surface area contributed by atoms with Crippen molar-refractivity contribution >= 4 is 21.6 Å². The summed E-state index contributed by atoms with van der Waals surface area (Å²) >= 11 is 0. The zero-order valence-corrected chi connectivity index (χ0v) is 28.0. The molecule has 0 saturated heterocycles. The third kappa shape index (κ3) is 36.2. The van der Waals surface area contributed by atoms with Gasteiger partial charge in [-0.2, -0.15) is 0 Å². The van der Waals surface area contributed by atoms with Gasteiger partial charge in [-0.25, -0.2) is 0 Å². The Morgan fingerprint density at radius 2 is 0.526 bits per heavy atom. The number of hydrogen-bond donors (Lipinski definition) is 0. The monoisotopic (exact) mass is 566 g/mol. The molecular formula is C36H70S2. The van der Waals surface area contributed by atoms with Crippen LogP contribution < -0.4 is 0 Å². The van der Waals surface area contributed by atoms with Crippen molar-refractivity contribution < 1.29 is 0 Å². The van der Waals surface area contributed by atoms with Crippen molar-refractivity contribution in [3.05, 3.63) is 24.3 Å². The lowest BCUT2D eigenvalue weighted by molar-refractivity contribution is 0.607. The molecule has 0 spiro atoms. The molecule has 0 aliphatic heterocycles. The normalized spacial score (nSPS) is 11.9. The lowest BCUT2D eigenvalue weighted by Gasteiger charge is -2.03. The number of allylic oxidation sites excluding steroid dienone is 4. The SMILES string of the molecule is CCCCCCCC/C=C\CCCCCCCCSSCCCCCCCC/C=C\CCCCCCCC. The van der Waals surface area contributed by atoms with Gasteiger partial charge in [-0.1, -0.05) is 175 Å². The van der Waals surface area contributed by atoms with E-state index in [1.807, 2.05) is 0 Å². The summed E-state index contributed by atoms with van der Waals surface area (Å²) in [6, 6.07) is 0. The summed E-state index contributed by atoms with van der Waals surface area (Å²) < 4.78 is 0. The second-order valence-corrected chi connectivity index (χ2v) is 14.2. The van der Waals surface area contributed by atoms with E-state index in [1.54, 1.807) is 0 Å². The summed E-state index contributed by atoms with van der Waals surface area (Å²) in [6.07, 6.45) is 49.1. The van der Waals surface area contributed by atoms with E-state index >= 15 is 0 Å². The van der Waals surface area contributed by atoms with Crippen LogP contribution in [0.3, 0.4) is 0 Å². The summed E-state index contributed by atoms with van der Waals surface area (Å²) in [7, 11) is 4.25. The van der Waals surface area contributed by atoms with Crippen molar-refractivity contribution in [3.8, 4) is 0 Å². The van der Waals surface area contributed by atoms with E-state index < -0.39 is 0 Å². The Balaban J connectivity index is 3.09. The molecule has 0 amide bonds. The van der Waals surface area contributed by atoms with E-state index in [2.05, 4.69) is 59.7 Å². The average Bonchev–Trinajstić information content (AvgIpc) is 2.93. The first-order valence-corrected chi connectivity index (χ1v) is 19.9. The highest BCUT2D eigenvalue weighted by atomic mass is 33.1. The standard InChI is InChI=1S/C36H70S2/c1-3-5-7-9-11-13-15-17-19-21-23-25-27-29-31-33-35-37-38-36-34-32-30-28-26-24-22-20-18-16-14-12-10-8-6-4-2/h17-20H,3-16,21-36H2,1-2H3/b19-17-,20-18-. The van der Waals surface area contributed by atoms with Gasteiger partial charge in [-0.05, 0) is 64.2 Å². The first-order valence-electron chi connectivity index (χ1n) is 17.5. The van der Waals surface area contributed by atoms with Gasteiger partial charge in [0.25, 0.3) is 0 Å². The van der Waals surface area contributed by atoms with Gasteiger partial charge in [0.15, 0.2) is 0 Å². The van der Waals surface area contributed by atoms with Crippen LogP contribution in [0.15, 0.2) is 24.3 Å². The van der Waals surface area contributed by atoms with E-state index in [9.17, 15) is 0 Å². The molecule has 0 saturated carbocycles. The van der Waals surface area contributed by atoms with Crippen LogP contribution in [0.4, 0.5) is 0 Å². The van der Waals surface area contributed by atoms with E-state index in [4.69, 9.17) is 0 Å². The lowest BCUT2D eigenvalue weighted by Crippen LogP contribution is -1.84. The van der Waals surface area contributed by atoms with Crippen LogP contribution in [0.25, 0.3) is 0 Å². The highest BCUT2D eigenvalue weighted by Gasteiger charge is 1.96. The van der Waals surface area contributed by atoms with Gasteiger partial charge in [0.1, 0.15) is 0 Å². The fourth-order valence-electron chi connectivity index (χ4n) is 4.93. The number of hydrogen-bond acceptors (Lipinski definition) is 2.